The number of rotatable bonds is 2. The number of nitrogens with zero attached hydrogens (tertiary/aromatic N) is 2. The van der Waals surface area contributed by atoms with Crippen molar-refractivity contribution in [1.82, 2.24) is 10.2 Å². The van der Waals surface area contributed by atoms with E-state index in [9.17, 15) is 9.18 Å². The molecule has 5 heteroatoms. The van der Waals surface area contributed by atoms with Crippen molar-refractivity contribution >= 4 is 6.03 Å². The molecule has 0 aromatic heterocycles. The first-order valence-corrected chi connectivity index (χ1v) is 7.88. The zero-order chi connectivity index (χ0) is 15.5. The van der Waals surface area contributed by atoms with E-state index in [4.69, 9.17) is 5.26 Å². The number of benzene rings is 1. The summed E-state index contributed by atoms with van der Waals surface area (Å²) in [6.07, 6.45) is 4.98. The highest BCUT2D eigenvalue weighted by molar-refractivity contribution is 5.74. The van der Waals surface area contributed by atoms with E-state index in [0.717, 1.165) is 13.1 Å². The van der Waals surface area contributed by atoms with Crippen LogP contribution in [0.3, 0.4) is 0 Å². The minimum absolute atomic E-state index is 0.113. The molecule has 1 aromatic carbocycles. The van der Waals surface area contributed by atoms with Gasteiger partial charge in [-0.1, -0.05) is 18.9 Å². The number of hydrogen-bond donors (Lipinski definition) is 1. The van der Waals surface area contributed by atoms with Gasteiger partial charge >= 0.3 is 6.03 Å². The van der Waals surface area contributed by atoms with Crippen LogP contribution in [0.25, 0.3) is 0 Å². The van der Waals surface area contributed by atoms with Gasteiger partial charge < -0.3 is 10.2 Å². The number of carbonyl (C=O) groups is 1. The van der Waals surface area contributed by atoms with E-state index in [-0.39, 0.29) is 18.1 Å². The smallest absolute Gasteiger partial charge is 0.317 e. The molecule has 0 unspecified atom stereocenters. The van der Waals surface area contributed by atoms with Crippen molar-refractivity contribution in [3.05, 3.63) is 35.1 Å². The minimum Gasteiger partial charge on any atom is -0.334 e. The van der Waals surface area contributed by atoms with Crippen LogP contribution < -0.4 is 5.32 Å². The molecule has 1 saturated heterocycles. The summed E-state index contributed by atoms with van der Waals surface area (Å²) in [7, 11) is 0. The Morgan fingerprint density at radius 1 is 1.32 bits per heavy atom. The summed E-state index contributed by atoms with van der Waals surface area (Å²) in [5, 5.41) is 11.5. The molecule has 2 fully saturated rings. The molecule has 116 valence electrons. The predicted octanol–water partition coefficient (Wildman–Crippen LogP) is 3.03. The van der Waals surface area contributed by atoms with E-state index in [1.165, 1.54) is 31.7 Å². The number of hydrogen-bond acceptors (Lipinski definition) is 2. The van der Waals surface area contributed by atoms with E-state index in [1.807, 2.05) is 11.0 Å². The Morgan fingerprint density at radius 2 is 2.00 bits per heavy atom. The molecule has 1 saturated carbocycles. The van der Waals surface area contributed by atoms with Gasteiger partial charge in [0.25, 0.3) is 0 Å². The molecular weight excluding hydrogens is 281 g/mol. The van der Waals surface area contributed by atoms with E-state index >= 15 is 0 Å². The van der Waals surface area contributed by atoms with Crippen LogP contribution in [0.2, 0.25) is 0 Å². The van der Waals surface area contributed by atoms with Crippen molar-refractivity contribution < 1.29 is 9.18 Å². The first-order valence-electron chi connectivity index (χ1n) is 7.88. The Balaban J connectivity index is 1.55. The van der Waals surface area contributed by atoms with Crippen LogP contribution in [0, 0.1) is 29.0 Å². The second-order valence-corrected chi connectivity index (χ2v) is 6.29. The van der Waals surface area contributed by atoms with Gasteiger partial charge in [-0.2, -0.15) is 5.26 Å². The fourth-order valence-corrected chi connectivity index (χ4v) is 3.61. The minimum atomic E-state index is -0.450. The summed E-state index contributed by atoms with van der Waals surface area (Å²) < 4.78 is 13.8. The Hall–Kier alpha value is -2.09. The number of fused-ring (bicyclic) bond motifs is 1. The van der Waals surface area contributed by atoms with E-state index in [2.05, 4.69) is 5.32 Å². The first-order chi connectivity index (χ1) is 10.7. The highest BCUT2D eigenvalue weighted by Crippen LogP contribution is 2.35. The number of amides is 2. The zero-order valence-corrected chi connectivity index (χ0v) is 12.5. The summed E-state index contributed by atoms with van der Waals surface area (Å²) >= 11 is 0. The third-order valence-electron chi connectivity index (χ3n) is 4.88. The normalized spacial score (nSPS) is 23.7. The summed E-state index contributed by atoms with van der Waals surface area (Å²) in [5.74, 6) is 0.840. The van der Waals surface area contributed by atoms with Crippen molar-refractivity contribution in [3.63, 3.8) is 0 Å². The second-order valence-electron chi connectivity index (χ2n) is 6.29. The number of halogens is 1. The summed E-state index contributed by atoms with van der Waals surface area (Å²) in [4.78, 5) is 14.1. The molecule has 2 atom stereocenters. The van der Waals surface area contributed by atoms with Gasteiger partial charge in [0.2, 0.25) is 0 Å². The number of urea groups is 1. The third-order valence-corrected chi connectivity index (χ3v) is 4.88. The molecule has 1 aliphatic heterocycles. The van der Waals surface area contributed by atoms with Gasteiger partial charge in [0.1, 0.15) is 5.82 Å². The third kappa shape index (κ3) is 3.06. The van der Waals surface area contributed by atoms with E-state index in [1.54, 1.807) is 12.1 Å². The Labute approximate surface area is 129 Å². The molecule has 0 bridgehead atoms. The van der Waals surface area contributed by atoms with Gasteiger partial charge in [0.05, 0.1) is 11.6 Å². The molecule has 4 nitrogen and oxygen atoms in total. The van der Waals surface area contributed by atoms with Gasteiger partial charge in [0, 0.05) is 25.2 Å². The monoisotopic (exact) mass is 301 g/mol. The van der Waals surface area contributed by atoms with E-state index in [0.29, 0.717) is 17.4 Å². The molecule has 3 rings (SSSR count). The standard InChI is InChI=1S/C17H20FN3O/c18-16-7-12(8-19)5-6-13(16)9-20-17(22)21-10-14-3-1-2-4-15(14)11-21/h5-7,14-15H,1-4,9-11H2,(H,20,22)/t14-,15+. The highest BCUT2D eigenvalue weighted by Gasteiger charge is 2.36. The van der Waals surface area contributed by atoms with Gasteiger partial charge in [-0.3, -0.25) is 0 Å². The second kappa shape index (κ2) is 6.35. The topological polar surface area (TPSA) is 56.1 Å². The van der Waals surface area contributed by atoms with Crippen molar-refractivity contribution in [3.8, 4) is 6.07 Å². The van der Waals surface area contributed by atoms with Crippen molar-refractivity contribution in [1.29, 1.82) is 5.26 Å². The van der Waals surface area contributed by atoms with Crippen LogP contribution in [0.5, 0.6) is 0 Å². The van der Waals surface area contributed by atoms with Crippen LogP contribution in [0.1, 0.15) is 36.8 Å². The average Bonchev–Trinajstić information content (AvgIpc) is 2.97. The maximum atomic E-state index is 13.8. The maximum Gasteiger partial charge on any atom is 0.317 e. The lowest BCUT2D eigenvalue weighted by atomic mass is 9.82. The predicted molar refractivity (Wildman–Crippen MR) is 80.4 cm³/mol. The van der Waals surface area contributed by atoms with Crippen molar-refractivity contribution in [2.45, 2.75) is 32.2 Å². The number of nitriles is 1. The molecule has 2 aliphatic rings. The lowest BCUT2D eigenvalue weighted by Crippen LogP contribution is -2.38. The molecule has 22 heavy (non-hydrogen) atoms. The summed E-state index contributed by atoms with van der Waals surface area (Å²) in [6, 6.07) is 6.10. The largest absolute Gasteiger partial charge is 0.334 e. The van der Waals surface area contributed by atoms with Gasteiger partial charge in [-0.05, 0) is 36.8 Å². The molecule has 1 heterocycles. The van der Waals surface area contributed by atoms with Crippen LogP contribution in [0.15, 0.2) is 18.2 Å². The molecular formula is C17H20FN3O. The quantitative estimate of drug-likeness (QED) is 0.913. The number of likely N-dealkylation sites (tertiary alicyclic amines) is 1. The average molecular weight is 301 g/mol. The summed E-state index contributed by atoms with van der Waals surface area (Å²) in [5.41, 5.74) is 0.695. The Kier molecular flexibility index (Phi) is 4.28. The highest BCUT2D eigenvalue weighted by atomic mass is 19.1. The van der Waals surface area contributed by atoms with Crippen molar-refractivity contribution in [2.24, 2.45) is 11.8 Å². The Bertz CT molecular complexity index is 596. The molecule has 1 N–H and O–H groups in total. The summed E-state index contributed by atoms with van der Waals surface area (Å²) in [6.45, 7) is 1.81. The fourth-order valence-electron chi connectivity index (χ4n) is 3.61. The fraction of sp³-hybridized carbons (Fsp3) is 0.529. The lowest BCUT2D eigenvalue weighted by Gasteiger charge is -2.22. The number of carbonyl (C=O) groups excluding carboxylic acids is 1. The molecule has 0 radical (unpaired) electrons. The van der Waals surface area contributed by atoms with Gasteiger partial charge in [-0.15, -0.1) is 0 Å². The maximum absolute atomic E-state index is 13.8. The van der Waals surface area contributed by atoms with Crippen molar-refractivity contribution in [2.75, 3.05) is 13.1 Å². The lowest BCUT2D eigenvalue weighted by molar-refractivity contribution is 0.205. The van der Waals surface area contributed by atoms with Gasteiger partial charge in [-0.25, -0.2) is 9.18 Å². The van der Waals surface area contributed by atoms with Crippen LogP contribution in [0.4, 0.5) is 9.18 Å². The molecule has 0 spiro atoms. The molecule has 2 amide bonds. The zero-order valence-electron chi connectivity index (χ0n) is 12.5. The van der Waals surface area contributed by atoms with Crippen LogP contribution in [-0.2, 0) is 6.54 Å². The number of nitrogens with one attached hydrogen (secondary N) is 1. The van der Waals surface area contributed by atoms with Gasteiger partial charge in [0.15, 0.2) is 0 Å². The first kappa shape index (κ1) is 14.8. The van der Waals surface area contributed by atoms with E-state index < -0.39 is 5.82 Å². The van der Waals surface area contributed by atoms with Crippen LogP contribution >= 0.6 is 0 Å². The molecule has 1 aromatic rings. The Morgan fingerprint density at radius 3 is 2.59 bits per heavy atom. The molecule has 1 aliphatic carbocycles. The van der Waals surface area contributed by atoms with Crippen LogP contribution in [-0.4, -0.2) is 24.0 Å². The SMILES string of the molecule is N#Cc1ccc(CNC(=O)N2C[C@H]3CCCC[C@H]3C2)c(F)c1.